The maximum Gasteiger partial charge on any atom is 0.250 e. The Bertz CT molecular complexity index is 687. The topological polar surface area (TPSA) is 81.1 Å². The highest BCUT2D eigenvalue weighted by molar-refractivity contribution is 6.34. The SMILES string of the molecule is NC(=O)c1cc(N)cc(Cl)c1NC1CC1c1ccccc1. The van der Waals surface area contributed by atoms with Crippen LogP contribution in [0.1, 0.15) is 28.3 Å². The molecule has 0 saturated heterocycles. The van der Waals surface area contributed by atoms with E-state index in [9.17, 15) is 4.79 Å². The van der Waals surface area contributed by atoms with Gasteiger partial charge in [0.1, 0.15) is 0 Å². The number of hydrogen-bond acceptors (Lipinski definition) is 3. The molecule has 4 nitrogen and oxygen atoms in total. The minimum Gasteiger partial charge on any atom is -0.399 e. The molecule has 0 aliphatic heterocycles. The Hall–Kier alpha value is -2.20. The third-order valence-electron chi connectivity index (χ3n) is 3.73. The molecule has 1 fully saturated rings. The molecule has 2 atom stereocenters. The lowest BCUT2D eigenvalue weighted by molar-refractivity contribution is 0.100. The summed E-state index contributed by atoms with van der Waals surface area (Å²) in [6.07, 6.45) is 1.00. The van der Waals surface area contributed by atoms with Crippen molar-refractivity contribution in [3.8, 4) is 0 Å². The van der Waals surface area contributed by atoms with Crippen molar-refractivity contribution in [2.75, 3.05) is 11.1 Å². The Morgan fingerprint density at radius 1 is 1.24 bits per heavy atom. The number of benzene rings is 2. The summed E-state index contributed by atoms with van der Waals surface area (Å²) in [7, 11) is 0. The van der Waals surface area contributed by atoms with Gasteiger partial charge < -0.3 is 16.8 Å². The van der Waals surface area contributed by atoms with Gasteiger partial charge in [-0.3, -0.25) is 4.79 Å². The molecule has 5 N–H and O–H groups in total. The van der Waals surface area contributed by atoms with Crippen LogP contribution in [-0.2, 0) is 0 Å². The standard InChI is InChI=1S/C16H16ClN3O/c17-13-7-10(18)6-12(16(19)21)15(13)20-14-8-11(14)9-4-2-1-3-5-9/h1-7,11,14,20H,8,18H2,(H2,19,21). The first kappa shape index (κ1) is 13.8. The molecule has 0 bridgehead atoms. The molecule has 1 aliphatic rings. The smallest absolute Gasteiger partial charge is 0.250 e. The lowest BCUT2D eigenvalue weighted by Crippen LogP contribution is -2.16. The van der Waals surface area contributed by atoms with E-state index in [-0.39, 0.29) is 6.04 Å². The summed E-state index contributed by atoms with van der Waals surface area (Å²) in [5.41, 5.74) is 13.7. The fraction of sp³-hybridized carbons (Fsp3) is 0.188. The monoisotopic (exact) mass is 301 g/mol. The van der Waals surface area contributed by atoms with Gasteiger partial charge in [0.05, 0.1) is 16.3 Å². The van der Waals surface area contributed by atoms with Crippen LogP contribution in [0.4, 0.5) is 11.4 Å². The average Bonchev–Trinajstić information content (AvgIpc) is 3.21. The van der Waals surface area contributed by atoms with Crippen LogP contribution in [0.15, 0.2) is 42.5 Å². The van der Waals surface area contributed by atoms with Gasteiger partial charge in [0, 0.05) is 17.6 Å². The molecule has 1 saturated carbocycles. The van der Waals surface area contributed by atoms with Crippen molar-refractivity contribution < 1.29 is 4.79 Å². The molecular weight excluding hydrogens is 286 g/mol. The second kappa shape index (κ2) is 5.30. The van der Waals surface area contributed by atoms with Crippen molar-refractivity contribution >= 4 is 28.9 Å². The van der Waals surface area contributed by atoms with E-state index >= 15 is 0 Å². The number of carbonyl (C=O) groups excluding carboxylic acids is 1. The number of primary amides is 1. The zero-order valence-electron chi connectivity index (χ0n) is 11.3. The van der Waals surface area contributed by atoms with Crippen molar-refractivity contribution in [1.82, 2.24) is 0 Å². The molecule has 21 heavy (non-hydrogen) atoms. The average molecular weight is 302 g/mol. The lowest BCUT2D eigenvalue weighted by Gasteiger charge is -2.13. The Labute approximate surface area is 128 Å². The minimum atomic E-state index is -0.538. The predicted octanol–water partition coefficient (Wildman–Crippen LogP) is 2.99. The minimum absolute atomic E-state index is 0.256. The number of nitrogens with two attached hydrogens (primary N) is 2. The van der Waals surface area contributed by atoms with Crippen LogP contribution in [0.5, 0.6) is 0 Å². The zero-order chi connectivity index (χ0) is 15.0. The van der Waals surface area contributed by atoms with Gasteiger partial charge in [-0.25, -0.2) is 0 Å². The summed E-state index contributed by atoms with van der Waals surface area (Å²) in [5, 5.41) is 3.74. The van der Waals surface area contributed by atoms with Crippen LogP contribution in [0.3, 0.4) is 0 Å². The molecule has 0 heterocycles. The van der Waals surface area contributed by atoms with E-state index in [1.54, 1.807) is 12.1 Å². The van der Waals surface area contributed by atoms with Gasteiger partial charge in [-0.05, 0) is 24.1 Å². The highest BCUT2D eigenvalue weighted by Crippen LogP contribution is 2.44. The third kappa shape index (κ3) is 2.81. The van der Waals surface area contributed by atoms with Gasteiger partial charge in [-0.15, -0.1) is 0 Å². The van der Waals surface area contributed by atoms with Crippen LogP contribution < -0.4 is 16.8 Å². The van der Waals surface area contributed by atoms with E-state index in [2.05, 4.69) is 17.4 Å². The Balaban J connectivity index is 1.82. The molecule has 1 amide bonds. The molecule has 108 valence electrons. The molecule has 3 rings (SSSR count). The molecule has 2 aromatic rings. The maximum absolute atomic E-state index is 11.5. The first-order chi connectivity index (χ1) is 10.1. The van der Waals surface area contributed by atoms with Crippen molar-refractivity contribution in [2.24, 2.45) is 5.73 Å². The summed E-state index contributed by atoms with van der Waals surface area (Å²) in [6, 6.07) is 13.7. The predicted molar refractivity (Wildman–Crippen MR) is 85.6 cm³/mol. The largest absolute Gasteiger partial charge is 0.399 e. The molecule has 2 aromatic carbocycles. The summed E-state index contributed by atoms with van der Waals surface area (Å²) in [6.45, 7) is 0. The Morgan fingerprint density at radius 2 is 1.95 bits per heavy atom. The normalized spacial score (nSPS) is 20.0. The van der Waals surface area contributed by atoms with Gasteiger partial charge in [0.15, 0.2) is 0 Å². The Kier molecular flexibility index (Phi) is 3.47. The number of hydrogen-bond donors (Lipinski definition) is 3. The summed E-state index contributed by atoms with van der Waals surface area (Å²) in [5.74, 6) is -0.107. The van der Waals surface area contributed by atoms with E-state index < -0.39 is 5.91 Å². The third-order valence-corrected chi connectivity index (χ3v) is 4.02. The lowest BCUT2D eigenvalue weighted by atomic mass is 10.1. The maximum atomic E-state index is 11.5. The van der Waals surface area contributed by atoms with Crippen molar-refractivity contribution in [2.45, 2.75) is 18.4 Å². The number of nitrogen functional groups attached to an aromatic ring is 1. The number of rotatable bonds is 4. The zero-order valence-corrected chi connectivity index (χ0v) is 12.1. The second-order valence-electron chi connectivity index (χ2n) is 5.29. The van der Waals surface area contributed by atoms with Crippen molar-refractivity contribution in [1.29, 1.82) is 0 Å². The number of nitrogens with one attached hydrogen (secondary N) is 1. The van der Waals surface area contributed by atoms with Gasteiger partial charge in [0.25, 0.3) is 5.91 Å². The van der Waals surface area contributed by atoms with Crippen LogP contribution in [-0.4, -0.2) is 11.9 Å². The summed E-state index contributed by atoms with van der Waals surface area (Å²) >= 11 is 6.19. The van der Waals surface area contributed by atoms with E-state index in [4.69, 9.17) is 23.1 Å². The van der Waals surface area contributed by atoms with Gasteiger partial charge in [0.2, 0.25) is 0 Å². The van der Waals surface area contributed by atoms with Gasteiger partial charge in [-0.2, -0.15) is 0 Å². The summed E-state index contributed by atoms with van der Waals surface area (Å²) < 4.78 is 0. The molecule has 1 aliphatic carbocycles. The number of amides is 1. The first-order valence-electron chi connectivity index (χ1n) is 6.76. The Morgan fingerprint density at radius 3 is 2.62 bits per heavy atom. The highest BCUT2D eigenvalue weighted by Gasteiger charge is 2.39. The van der Waals surface area contributed by atoms with E-state index in [1.165, 1.54) is 5.56 Å². The highest BCUT2D eigenvalue weighted by atomic mass is 35.5. The fourth-order valence-electron chi connectivity index (χ4n) is 2.58. The van der Waals surface area contributed by atoms with Gasteiger partial charge in [-0.1, -0.05) is 41.9 Å². The summed E-state index contributed by atoms with van der Waals surface area (Å²) in [4.78, 5) is 11.5. The number of carbonyl (C=O) groups is 1. The van der Waals surface area contributed by atoms with Crippen LogP contribution in [0, 0.1) is 0 Å². The van der Waals surface area contributed by atoms with Gasteiger partial charge >= 0.3 is 0 Å². The van der Waals surface area contributed by atoms with Crippen LogP contribution in [0.25, 0.3) is 0 Å². The van der Waals surface area contributed by atoms with Crippen molar-refractivity contribution in [3.63, 3.8) is 0 Å². The molecular formula is C16H16ClN3O. The second-order valence-corrected chi connectivity index (χ2v) is 5.70. The van der Waals surface area contributed by atoms with Crippen LogP contribution >= 0.6 is 11.6 Å². The van der Waals surface area contributed by atoms with E-state index in [0.717, 1.165) is 6.42 Å². The molecule has 2 unspecified atom stereocenters. The van der Waals surface area contributed by atoms with E-state index in [1.807, 2.05) is 18.2 Å². The first-order valence-corrected chi connectivity index (χ1v) is 7.14. The molecule has 0 aromatic heterocycles. The molecule has 0 spiro atoms. The molecule has 0 radical (unpaired) electrons. The number of anilines is 2. The fourth-order valence-corrected chi connectivity index (χ4v) is 2.86. The van der Waals surface area contributed by atoms with Crippen molar-refractivity contribution in [3.05, 3.63) is 58.6 Å². The molecule has 5 heteroatoms. The van der Waals surface area contributed by atoms with Crippen LogP contribution in [0.2, 0.25) is 5.02 Å². The van der Waals surface area contributed by atoms with E-state index in [0.29, 0.717) is 27.9 Å². The quantitative estimate of drug-likeness (QED) is 0.759. The number of halogens is 1.